The summed E-state index contributed by atoms with van der Waals surface area (Å²) in [6, 6.07) is 6.15. The molecular weight excluding hydrogens is 711 g/mol. The van der Waals surface area contributed by atoms with Gasteiger partial charge in [-0.25, -0.2) is 17.8 Å². The van der Waals surface area contributed by atoms with Crippen molar-refractivity contribution in [1.29, 1.82) is 0 Å². The van der Waals surface area contributed by atoms with E-state index in [1.165, 1.54) is 48.6 Å². The van der Waals surface area contributed by atoms with E-state index in [0.717, 1.165) is 28.7 Å². The number of nitrogens with zero attached hydrogens (tertiary/aromatic N) is 5. The number of amides is 1. The van der Waals surface area contributed by atoms with E-state index in [2.05, 4.69) is 14.9 Å². The standard InChI is InChI=1S/C33H38F2N6O8S2/c1-18-25-26(42)40(32(2,3)29(43)38-51(45,46)33(4)11-12-33)31(44)39(28(25)50-27(18)41-36-13-14-37-41)17-24(22-7-5-6-8-23(22)49-30(34)35)48-21-15-19-9-10-20(16-21)47-19/h5-8,13-14,19-21,24,30H,9-12,15-17H2,1-4H3,(H,38,43)/t19-,20+,21?,24-/m0/s1. The smallest absolute Gasteiger partial charge is 0.387 e. The van der Waals surface area contributed by atoms with E-state index in [1.54, 1.807) is 25.1 Å². The normalized spacial score (nSPS) is 22.0. The van der Waals surface area contributed by atoms with Gasteiger partial charge in [0.2, 0.25) is 10.0 Å². The Morgan fingerprint density at radius 1 is 1.14 bits per heavy atom. The Kier molecular flexibility index (Phi) is 8.95. The lowest BCUT2D eigenvalue weighted by molar-refractivity contribution is -0.126. The molecule has 5 heterocycles. The van der Waals surface area contributed by atoms with Crippen molar-refractivity contribution in [2.24, 2.45) is 0 Å². The molecule has 3 aromatic heterocycles. The maximum atomic E-state index is 14.7. The summed E-state index contributed by atoms with van der Waals surface area (Å²) in [6.45, 7) is 2.33. The predicted molar refractivity (Wildman–Crippen MR) is 182 cm³/mol. The van der Waals surface area contributed by atoms with Gasteiger partial charge in [0, 0.05) is 11.1 Å². The molecule has 1 aliphatic carbocycles. The molecule has 1 aromatic carbocycles. The number of aryl methyl sites for hydroxylation is 1. The number of sulfonamides is 1. The molecule has 3 fully saturated rings. The number of para-hydroxylation sites is 1. The molecule has 4 atom stereocenters. The predicted octanol–water partition coefficient (Wildman–Crippen LogP) is 3.92. The number of carbonyl (C=O) groups excluding carboxylic acids is 1. The number of ether oxygens (including phenoxy) is 3. The first-order valence-electron chi connectivity index (χ1n) is 16.7. The molecule has 0 spiro atoms. The van der Waals surface area contributed by atoms with Gasteiger partial charge in [0.25, 0.3) is 11.5 Å². The number of alkyl halides is 2. The SMILES string of the molecule is Cc1c(-n2nccn2)sc2c1c(=O)n(C(C)(C)C(=O)NS(=O)(=O)C1(C)CC1)c(=O)n2C[C@H](OC1C[C@H]2CC[C@@H](C1)O2)c1ccccc1OC(F)F. The number of hydrogen-bond acceptors (Lipinski definition) is 11. The van der Waals surface area contributed by atoms with Crippen molar-refractivity contribution < 1.29 is 36.2 Å². The first-order chi connectivity index (χ1) is 24.1. The van der Waals surface area contributed by atoms with Gasteiger partial charge in [-0.2, -0.15) is 19.0 Å². The zero-order valence-electron chi connectivity index (χ0n) is 28.4. The van der Waals surface area contributed by atoms with Crippen LogP contribution in [0.1, 0.15) is 76.5 Å². The van der Waals surface area contributed by atoms with Crippen molar-refractivity contribution in [2.75, 3.05) is 0 Å². The summed E-state index contributed by atoms with van der Waals surface area (Å²) in [6.07, 6.45) is 5.06. The van der Waals surface area contributed by atoms with Gasteiger partial charge in [0.15, 0.2) is 0 Å². The van der Waals surface area contributed by atoms with Gasteiger partial charge < -0.3 is 14.2 Å². The van der Waals surface area contributed by atoms with Crippen LogP contribution in [0.4, 0.5) is 8.78 Å². The lowest BCUT2D eigenvalue weighted by Crippen LogP contribution is -2.57. The number of aromatic nitrogens is 5. The average molecular weight is 749 g/mol. The number of carbonyl (C=O) groups is 1. The molecule has 3 aliphatic rings. The van der Waals surface area contributed by atoms with Crippen LogP contribution in [0.5, 0.6) is 5.75 Å². The van der Waals surface area contributed by atoms with Crippen LogP contribution in [0, 0.1) is 6.92 Å². The van der Waals surface area contributed by atoms with Crippen molar-refractivity contribution in [3.63, 3.8) is 0 Å². The summed E-state index contributed by atoms with van der Waals surface area (Å²) in [5.74, 6) is -1.21. The molecule has 2 aliphatic heterocycles. The number of hydrogen-bond donors (Lipinski definition) is 1. The summed E-state index contributed by atoms with van der Waals surface area (Å²) >= 11 is 1.06. The molecule has 18 heteroatoms. The molecule has 2 bridgehead atoms. The minimum atomic E-state index is -4.13. The van der Waals surface area contributed by atoms with Crippen molar-refractivity contribution in [3.05, 3.63) is 68.6 Å². The Morgan fingerprint density at radius 3 is 2.41 bits per heavy atom. The zero-order chi connectivity index (χ0) is 36.5. The van der Waals surface area contributed by atoms with Gasteiger partial charge in [0.1, 0.15) is 27.2 Å². The Balaban J connectivity index is 1.40. The maximum Gasteiger partial charge on any atom is 0.387 e. The van der Waals surface area contributed by atoms with Gasteiger partial charge >= 0.3 is 12.3 Å². The Morgan fingerprint density at radius 2 is 1.78 bits per heavy atom. The van der Waals surface area contributed by atoms with Crippen molar-refractivity contribution in [2.45, 2.75) is 114 Å². The van der Waals surface area contributed by atoms with E-state index >= 15 is 0 Å². The fourth-order valence-corrected chi connectivity index (χ4v) is 9.50. The van der Waals surface area contributed by atoms with Gasteiger partial charge in [-0.1, -0.05) is 29.5 Å². The molecule has 274 valence electrons. The van der Waals surface area contributed by atoms with Crippen LogP contribution in [0.2, 0.25) is 0 Å². The van der Waals surface area contributed by atoms with Gasteiger partial charge in [-0.15, -0.1) is 4.80 Å². The Bertz CT molecular complexity index is 2200. The summed E-state index contributed by atoms with van der Waals surface area (Å²) in [4.78, 5) is 44.4. The van der Waals surface area contributed by atoms with Crippen molar-refractivity contribution in [1.82, 2.24) is 28.9 Å². The van der Waals surface area contributed by atoms with Crippen LogP contribution in [0.15, 0.2) is 46.2 Å². The van der Waals surface area contributed by atoms with Gasteiger partial charge in [-0.05, 0) is 72.3 Å². The minimum absolute atomic E-state index is 0.0177. The number of benzene rings is 1. The first kappa shape index (κ1) is 35.4. The largest absolute Gasteiger partial charge is 0.434 e. The van der Waals surface area contributed by atoms with Gasteiger partial charge in [-0.3, -0.25) is 18.9 Å². The summed E-state index contributed by atoms with van der Waals surface area (Å²) < 4.78 is 74.0. The molecule has 1 saturated carbocycles. The molecule has 51 heavy (non-hydrogen) atoms. The van der Waals surface area contributed by atoms with Crippen LogP contribution in [0.3, 0.4) is 0 Å². The summed E-state index contributed by atoms with van der Waals surface area (Å²) in [7, 11) is -4.13. The fourth-order valence-electron chi connectivity index (χ4n) is 6.90. The van der Waals surface area contributed by atoms with E-state index in [1.807, 2.05) is 0 Å². The number of rotatable bonds is 12. The summed E-state index contributed by atoms with van der Waals surface area (Å²) in [5, 5.41) is 8.90. The van der Waals surface area contributed by atoms with E-state index in [9.17, 15) is 31.6 Å². The van der Waals surface area contributed by atoms with E-state index < -0.39 is 50.2 Å². The third-order valence-corrected chi connectivity index (χ3v) is 13.6. The number of fused-ring (bicyclic) bond motifs is 3. The van der Waals surface area contributed by atoms with Crippen molar-refractivity contribution >= 4 is 37.5 Å². The maximum absolute atomic E-state index is 14.7. The lowest BCUT2D eigenvalue weighted by atomic mass is 10.0. The monoisotopic (exact) mass is 748 g/mol. The first-order valence-corrected chi connectivity index (χ1v) is 19.0. The number of nitrogens with one attached hydrogen (secondary N) is 1. The minimum Gasteiger partial charge on any atom is -0.434 e. The van der Waals surface area contributed by atoms with Crippen LogP contribution in [0.25, 0.3) is 15.2 Å². The fraction of sp³-hybridized carbons (Fsp3) is 0.545. The van der Waals surface area contributed by atoms with Crippen LogP contribution in [-0.2, 0) is 36.4 Å². The van der Waals surface area contributed by atoms with Crippen LogP contribution >= 0.6 is 11.3 Å². The third kappa shape index (κ3) is 6.40. The molecule has 0 radical (unpaired) electrons. The highest BCUT2D eigenvalue weighted by atomic mass is 32.2. The quantitative estimate of drug-likeness (QED) is 0.225. The second-order valence-electron chi connectivity index (χ2n) is 14.1. The second-order valence-corrected chi connectivity index (χ2v) is 17.3. The second kappa shape index (κ2) is 12.9. The van der Waals surface area contributed by atoms with Crippen molar-refractivity contribution in [3.8, 4) is 10.8 Å². The van der Waals surface area contributed by atoms with E-state index in [-0.39, 0.29) is 46.4 Å². The zero-order valence-corrected chi connectivity index (χ0v) is 30.0. The van der Waals surface area contributed by atoms with Crippen LogP contribution < -0.4 is 20.7 Å². The topological polar surface area (TPSA) is 166 Å². The highest BCUT2D eigenvalue weighted by Crippen LogP contribution is 2.43. The number of halogens is 2. The van der Waals surface area contributed by atoms with E-state index in [0.29, 0.717) is 36.2 Å². The molecule has 4 aromatic rings. The summed E-state index contributed by atoms with van der Waals surface area (Å²) in [5.41, 5.74) is -3.11. The molecule has 14 nitrogen and oxygen atoms in total. The Labute approximate surface area is 295 Å². The Hall–Kier alpha value is -4.00. The lowest BCUT2D eigenvalue weighted by Gasteiger charge is -2.33. The molecule has 1 N–H and O–H groups in total. The van der Waals surface area contributed by atoms with E-state index in [4.69, 9.17) is 14.2 Å². The van der Waals surface area contributed by atoms with Crippen LogP contribution in [-0.4, -0.2) is 68.1 Å². The third-order valence-electron chi connectivity index (χ3n) is 10.2. The highest BCUT2D eigenvalue weighted by Gasteiger charge is 2.52. The molecular formula is C33H38F2N6O8S2. The molecule has 1 amide bonds. The molecule has 1 unspecified atom stereocenters. The molecule has 2 saturated heterocycles. The highest BCUT2D eigenvalue weighted by molar-refractivity contribution is 7.91. The average Bonchev–Trinajstić information content (AvgIpc) is 3.35. The molecule has 7 rings (SSSR count). The van der Waals surface area contributed by atoms with Gasteiger partial charge in [0.05, 0.1) is 47.4 Å². The number of thiophene rings is 1.